The minimum absolute atomic E-state index is 0.170. The summed E-state index contributed by atoms with van der Waals surface area (Å²) in [6.45, 7) is 4.45. The maximum absolute atomic E-state index is 12.4. The Labute approximate surface area is 123 Å². The molecule has 0 fully saturated rings. The third-order valence-electron chi connectivity index (χ3n) is 3.71. The third kappa shape index (κ3) is 2.61. The molecule has 0 unspecified atom stereocenters. The van der Waals surface area contributed by atoms with E-state index in [1.165, 1.54) is 0 Å². The number of nitrogens with zero attached hydrogens (tertiary/aromatic N) is 1. The highest BCUT2D eigenvalue weighted by molar-refractivity contribution is 7.92. The summed E-state index contributed by atoms with van der Waals surface area (Å²) < 4.78 is 32.3. The highest BCUT2D eigenvalue weighted by Crippen LogP contribution is 2.27. The van der Waals surface area contributed by atoms with Crippen molar-refractivity contribution in [3.05, 3.63) is 35.0 Å². The zero-order valence-electron chi connectivity index (χ0n) is 11.9. The maximum atomic E-state index is 12.4. The average Bonchev–Trinajstić information content (AvgIpc) is 2.78. The van der Waals surface area contributed by atoms with Gasteiger partial charge in [-0.15, -0.1) is 0 Å². The van der Waals surface area contributed by atoms with Crippen LogP contribution in [-0.2, 0) is 16.4 Å². The fourth-order valence-electron chi connectivity index (χ4n) is 2.31. The maximum Gasteiger partial charge on any atom is 0.264 e. The fourth-order valence-corrected chi connectivity index (χ4v) is 3.41. The molecule has 1 aliphatic heterocycles. The van der Waals surface area contributed by atoms with Gasteiger partial charge < -0.3 is 9.84 Å². The van der Waals surface area contributed by atoms with Crippen LogP contribution in [0.25, 0.3) is 0 Å². The van der Waals surface area contributed by atoms with Gasteiger partial charge in [-0.1, -0.05) is 5.16 Å². The summed E-state index contributed by atoms with van der Waals surface area (Å²) in [7, 11) is -3.67. The highest BCUT2D eigenvalue weighted by atomic mass is 32.2. The lowest BCUT2D eigenvalue weighted by Gasteiger charge is -2.18. The summed E-state index contributed by atoms with van der Waals surface area (Å²) in [5.41, 5.74) is 3.39. The van der Waals surface area contributed by atoms with Gasteiger partial charge in [0.2, 0.25) is 5.88 Å². The number of hydrogen-bond acceptors (Lipinski definition) is 5. The Morgan fingerprint density at radius 3 is 2.86 bits per heavy atom. The first-order chi connectivity index (χ1) is 9.97. The predicted octanol–water partition coefficient (Wildman–Crippen LogP) is 2.45. The van der Waals surface area contributed by atoms with Crippen LogP contribution in [0.1, 0.15) is 23.2 Å². The van der Waals surface area contributed by atoms with Gasteiger partial charge in [-0.2, -0.15) is 0 Å². The molecule has 2 heterocycles. The second kappa shape index (κ2) is 5.07. The number of sulfonamides is 1. The van der Waals surface area contributed by atoms with Crippen molar-refractivity contribution in [2.45, 2.75) is 31.6 Å². The molecule has 0 spiro atoms. The van der Waals surface area contributed by atoms with E-state index in [1.807, 2.05) is 6.07 Å². The van der Waals surface area contributed by atoms with Crippen LogP contribution in [0.4, 0.5) is 11.6 Å². The molecule has 1 aromatic carbocycles. The molecular formula is C14H17N3O3S. The van der Waals surface area contributed by atoms with Crippen LogP contribution in [0.3, 0.4) is 0 Å². The molecule has 7 heteroatoms. The van der Waals surface area contributed by atoms with Crippen molar-refractivity contribution in [3.8, 4) is 0 Å². The molecule has 0 aliphatic carbocycles. The van der Waals surface area contributed by atoms with Gasteiger partial charge >= 0.3 is 0 Å². The molecule has 0 bridgehead atoms. The van der Waals surface area contributed by atoms with Gasteiger partial charge in [-0.25, -0.2) is 13.1 Å². The molecule has 0 atom stereocenters. The van der Waals surface area contributed by atoms with E-state index in [2.05, 4.69) is 15.2 Å². The topological polar surface area (TPSA) is 84.2 Å². The van der Waals surface area contributed by atoms with Gasteiger partial charge in [0.25, 0.3) is 10.0 Å². The predicted molar refractivity (Wildman–Crippen MR) is 80.0 cm³/mol. The number of rotatable bonds is 3. The van der Waals surface area contributed by atoms with Crippen molar-refractivity contribution in [1.29, 1.82) is 0 Å². The van der Waals surface area contributed by atoms with Crippen LogP contribution in [0.2, 0.25) is 0 Å². The molecule has 0 radical (unpaired) electrons. The SMILES string of the molecule is Cc1noc(NS(=O)(=O)c2ccc3c(c2)CCCN3)c1C. The molecule has 0 saturated heterocycles. The van der Waals surface area contributed by atoms with Crippen molar-refractivity contribution in [2.75, 3.05) is 16.6 Å². The Morgan fingerprint density at radius 1 is 1.33 bits per heavy atom. The average molecular weight is 307 g/mol. The second-order valence-electron chi connectivity index (χ2n) is 5.18. The van der Waals surface area contributed by atoms with Crippen LogP contribution in [-0.4, -0.2) is 20.1 Å². The summed E-state index contributed by atoms with van der Waals surface area (Å²) in [6, 6.07) is 5.11. The van der Waals surface area contributed by atoms with Crippen molar-refractivity contribution < 1.29 is 12.9 Å². The molecule has 0 saturated carbocycles. The molecule has 21 heavy (non-hydrogen) atoms. The van der Waals surface area contributed by atoms with Gasteiger partial charge in [0.1, 0.15) is 0 Å². The molecular weight excluding hydrogens is 290 g/mol. The van der Waals surface area contributed by atoms with Crippen LogP contribution in [0, 0.1) is 13.8 Å². The Bertz CT molecular complexity index is 781. The smallest absolute Gasteiger partial charge is 0.264 e. The van der Waals surface area contributed by atoms with E-state index in [9.17, 15) is 8.42 Å². The Balaban J connectivity index is 1.93. The van der Waals surface area contributed by atoms with E-state index >= 15 is 0 Å². The summed E-state index contributed by atoms with van der Waals surface area (Å²) >= 11 is 0. The van der Waals surface area contributed by atoms with Crippen LogP contribution >= 0.6 is 0 Å². The van der Waals surface area contributed by atoms with E-state index in [4.69, 9.17) is 4.52 Å². The van der Waals surface area contributed by atoms with Crippen LogP contribution in [0.15, 0.2) is 27.6 Å². The molecule has 3 rings (SSSR count). The molecule has 1 aromatic heterocycles. The molecule has 6 nitrogen and oxygen atoms in total. The van der Waals surface area contributed by atoms with Crippen molar-refractivity contribution in [1.82, 2.24) is 5.16 Å². The zero-order valence-corrected chi connectivity index (χ0v) is 12.8. The van der Waals surface area contributed by atoms with Gasteiger partial charge in [0.05, 0.1) is 10.6 Å². The number of fused-ring (bicyclic) bond motifs is 1. The van der Waals surface area contributed by atoms with E-state index in [1.54, 1.807) is 26.0 Å². The summed E-state index contributed by atoms with van der Waals surface area (Å²) in [5, 5.41) is 7.01. The van der Waals surface area contributed by atoms with Gasteiger partial charge in [-0.3, -0.25) is 0 Å². The number of aryl methyl sites for hydroxylation is 2. The van der Waals surface area contributed by atoms with Crippen LogP contribution < -0.4 is 10.0 Å². The van der Waals surface area contributed by atoms with E-state index in [0.717, 1.165) is 30.6 Å². The lowest BCUT2D eigenvalue weighted by atomic mass is 10.0. The van der Waals surface area contributed by atoms with Crippen molar-refractivity contribution in [3.63, 3.8) is 0 Å². The van der Waals surface area contributed by atoms with Crippen molar-refractivity contribution >= 4 is 21.6 Å². The molecule has 2 aromatic rings. The standard InChI is InChI=1S/C14H17N3O3S/c1-9-10(2)16-20-14(9)17-21(18,19)12-5-6-13-11(8-12)4-3-7-15-13/h5-6,8,15,17H,3-4,7H2,1-2H3. The number of nitrogens with one attached hydrogen (secondary N) is 2. The quantitative estimate of drug-likeness (QED) is 0.910. The monoisotopic (exact) mass is 307 g/mol. The van der Waals surface area contributed by atoms with Gasteiger partial charge in [0.15, 0.2) is 0 Å². The first-order valence-corrected chi connectivity index (χ1v) is 8.28. The van der Waals surface area contributed by atoms with Crippen molar-refractivity contribution in [2.24, 2.45) is 0 Å². The highest BCUT2D eigenvalue weighted by Gasteiger charge is 2.21. The number of hydrogen-bond donors (Lipinski definition) is 2. The summed E-state index contributed by atoms with van der Waals surface area (Å²) in [5.74, 6) is 0.170. The summed E-state index contributed by atoms with van der Waals surface area (Å²) in [6.07, 6.45) is 1.89. The second-order valence-corrected chi connectivity index (χ2v) is 6.86. The summed E-state index contributed by atoms with van der Waals surface area (Å²) in [4.78, 5) is 0.235. The van der Waals surface area contributed by atoms with Gasteiger partial charge in [-0.05, 0) is 50.5 Å². The molecule has 0 amide bonds. The fraction of sp³-hybridized carbons (Fsp3) is 0.357. The third-order valence-corrected chi connectivity index (χ3v) is 5.04. The molecule has 112 valence electrons. The first kappa shape index (κ1) is 13.9. The van der Waals surface area contributed by atoms with E-state index in [0.29, 0.717) is 11.3 Å². The van der Waals surface area contributed by atoms with E-state index in [-0.39, 0.29) is 10.8 Å². The minimum atomic E-state index is -3.67. The van der Waals surface area contributed by atoms with Gasteiger partial charge in [0, 0.05) is 17.8 Å². The molecule has 2 N–H and O–H groups in total. The largest absolute Gasteiger partial charge is 0.385 e. The minimum Gasteiger partial charge on any atom is -0.385 e. The Hall–Kier alpha value is -2.02. The molecule has 1 aliphatic rings. The zero-order chi connectivity index (χ0) is 15.0. The number of aromatic nitrogens is 1. The van der Waals surface area contributed by atoms with Crippen LogP contribution in [0.5, 0.6) is 0 Å². The number of anilines is 2. The number of benzene rings is 1. The normalized spacial score (nSPS) is 14.4. The Morgan fingerprint density at radius 2 is 2.14 bits per heavy atom. The lowest BCUT2D eigenvalue weighted by molar-refractivity contribution is 0.430. The Kier molecular flexibility index (Phi) is 3.36. The van der Waals surface area contributed by atoms with E-state index < -0.39 is 10.0 Å². The first-order valence-electron chi connectivity index (χ1n) is 6.80. The lowest BCUT2D eigenvalue weighted by Crippen LogP contribution is -2.16.